The third kappa shape index (κ3) is 6.57. The fourth-order valence-corrected chi connectivity index (χ4v) is 1.89. The van der Waals surface area contributed by atoms with Crippen LogP contribution in [0.25, 0.3) is 0 Å². The van der Waals surface area contributed by atoms with Crippen molar-refractivity contribution in [2.24, 2.45) is 0 Å². The van der Waals surface area contributed by atoms with Crippen molar-refractivity contribution in [1.29, 1.82) is 0 Å². The second-order valence-corrected chi connectivity index (χ2v) is 4.53. The summed E-state index contributed by atoms with van der Waals surface area (Å²) in [5, 5.41) is 0. The average Bonchev–Trinajstić information content (AvgIpc) is 2.47. The number of esters is 1. The Morgan fingerprint density at radius 3 is 2.55 bits per heavy atom. The molecule has 0 fully saturated rings. The maximum absolute atomic E-state index is 11.2. The summed E-state index contributed by atoms with van der Waals surface area (Å²) in [6.45, 7) is 6.71. The molecule has 0 saturated heterocycles. The Morgan fingerprint density at radius 1 is 1.15 bits per heavy atom. The third-order valence-corrected chi connectivity index (χ3v) is 2.93. The maximum Gasteiger partial charge on any atom is 0.332 e. The van der Waals surface area contributed by atoms with Crippen molar-refractivity contribution in [2.45, 2.75) is 26.7 Å². The Balaban J connectivity index is 2.36. The molecule has 0 aliphatic carbocycles. The molecule has 1 rings (SSSR count). The minimum atomic E-state index is -0.299. The highest BCUT2D eigenvalue weighted by atomic mass is 16.6. The molecule has 4 heteroatoms. The fourth-order valence-electron chi connectivity index (χ4n) is 1.89. The Kier molecular flexibility index (Phi) is 8.47. The van der Waals surface area contributed by atoms with E-state index in [1.807, 2.05) is 18.2 Å². The highest BCUT2D eigenvalue weighted by molar-refractivity contribution is 5.70. The lowest BCUT2D eigenvalue weighted by Crippen LogP contribution is -2.29. The second kappa shape index (κ2) is 10.3. The van der Waals surface area contributed by atoms with Gasteiger partial charge in [-0.1, -0.05) is 31.5 Å². The number of rotatable bonds is 10. The number of para-hydroxylation sites is 1. The molecule has 112 valence electrons. The van der Waals surface area contributed by atoms with Crippen LogP contribution in [-0.2, 0) is 14.3 Å². The molecule has 0 aromatic heterocycles. The molecule has 4 nitrogen and oxygen atoms in total. The summed E-state index contributed by atoms with van der Waals surface area (Å²) in [6.07, 6.45) is 2.31. The number of carbonyl (C=O) groups excluding carboxylic acids is 1. The van der Waals surface area contributed by atoms with Crippen LogP contribution in [0.5, 0.6) is 0 Å². The van der Waals surface area contributed by atoms with Crippen LogP contribution in [-0.4, -0.2) is 38.9 Å². The van der Waals surface area contributed by atoms with Crippen LogP contribution >= 0.6 is 0 Å². The molecule has 20 heavy (non-hydrogen) atoms. The number of nitrogens with zero attached hydrogens (tertiary/aromatic N) is 1. The number of hydrogen-bond acceptors (Lipinski definition) is 4. The zero-order valence-corrected chi connectivity index (χ0v) is 12.5. The first-order valence-electron chi connectivity index (χ1n) is 7.31. The smallest absolute Gasteiger partial charge is 0.332 e. The Bertz CT molecular complexity index is 367. The third-order valence-electron chi connectivity index (χ3n) is 2.93. The van der Waals surface area contributed by atoms with E-state index in [1.54, 1.807) is 6.92 Å². The molecule has 0 unspecified atom stereocenters. The predicted molar refractivity (Wildman–Crippen MR) is 81.0 cm³/mol. The lowest BCUT2D eigenvalue weighted by atomic mass is 10.2. The number of anilines is 1. The van der Waals surface area contributed by atoms with E-state index < -0.39 is 0 Å². The van der Waals surface area contributed by atoms with Crippen LogP contribution in [0.3, 0.4) is 0 Å². The zero-order chi connectivity index (χ0) is 14.6. The summed E-state index contributed by atoms with van der Waals surface area (Å²) in [5.41, 5.74) is 1.20. The SMILES string of the molecule is CCCCN(CCOCC(=O)OCC)c1ccccc1. The second-order valence-electron chi connectivity index (χ2n) is 4.53. The van der Waals surface area contributed by atoms with E-state index in [0.29, 0.717) is 13.2 Å². The summed E-state index contributed by atoms with van der Waals surface area (Å²) >= 11 is 0. The minimum Gasteiger partial charge on any atom is -0.464 e. The van der Waals surface area contributed by atoms with Gasteiger partial charge in [0, 0.05) is 18.8 Å². The highest BCUT2D eigenvalue weighted by Gasteiger charge is 2.06. The summed E-state index contributed by atoms with van der Waals surface area (Å²) in [6, 6.07) is 10.3. The molecular weight excluding hydrogens is 254 g/mol. The van der Waals surface area contributed by atoms with Gasteiger partial charge in [0.05, 0.1) is 13.2 Å². The van der Waals surface area contributed by atoms with Crippen molar-refractivity contribution in [3.63, 3.8) is 0 Å². The quantitative estimate of drug-likeness (QED) is 0.487. The molecular formula is C16H25NO3. The van der Waals surface area contributed by atoms with E-state index in [1.165, 1.54) is 5.69 Å². The van der Waals surface area contributed by atoms with E-state index in [-0.39, 0.29) is 12.6 Å². The van der Waals surface area contributed by atoms with Crippen molar-refractivity contribution < 1.29 is 14.3 Å². The van der Waals surface area contributed by atoms with Gasteiger partial charge in [0.1, 0.15) is 6.61 Å². The number of hydrogen-bond donors (Lipinski definition) is 0. The summed E-state index contributed by atoms with van der Waals surface area (Å²) < 4.78 is 10.2. The molecule has 1 aromatic rings. The van der Waals surface area contributed by atoms with Gasteiger partial charge in [-0.2, -0.15) is 0 Å². The predicted octanol–water partition coefficient (Wildman–Crippen LogP) is 2.87. The van der Waals surface area contributed by atoms with E-state index in [9.17, 15) is 4.79 Å². The molecule has 0 N–H and O–H groups in total. The van der Waals surface area contributed by atoms with Crippen LogP contribution in [0, 0.1) is 0 Å². The van der Waals surface area contributed by atoms with Gasteiger partial charge in [0.25, 0.3) is 0 Å². The molecule has 1 aromatic carbocycles. The van der Waals surface area contributed by atoms with Crippen molar-refractivity contribution in [3.8, 4) is 0 Å². The molecule has 0 spiro atoms. The Morgan fingerprint density at radius 2 is 1.90 bits per heavy atom. The number of unbranched alkanes of at least 4 members (excludes halogenated alkanes) is 1. The summed E-state index contributed by atoms with van der Waals surface area (Å²) in [4.78, 5) is 13.5. The molecule has 0 heterocycles. The monoisotopic (exact) mass is 279 g/mol. The summed E-state index contributed by atoms with van der Waals surface area (Å²) in [5.74, 6) is -0.299. The van der Waals surface area contributed by atoms with Crippen LogP contribution in [0.15, 0.2) is 30.3 Å². The Hall–Kier alpha value is -1.55. The van der Waals surface area contributed by atoms with Gasteiger partial charge in [0.15, 0.2) is 0 Å². The van der Waals surface area contributed by atoms with Crippen LogP contribution < -0.4 is 4.90 Å². The van der Waals surface area contributed by atoms with E-state index in [4.69, 9.17) is 9.47 Å². The Labute approximate surface area is 121 Å². The lowest BCUT2D eigenvalue weighted by Gasteiger charge is -2.24. The fraction of sp³-hybridized carbons (Fsp3) is 0.562. The number of carbonyl (C=O) groups is 1. The van der Waals surface area contributed by atoms with Gasteiger partial charge in [-0.25, -0.2) is 4.79 Å². The minimum absolute atomic E-state index is 0.0320. The summed E-state index contributed by atoms with van der Waals surface area (Å²) in [7, 11) is 0. The highest BCUT2D eigenvalue weighted by Crippen LogP contribution is 2.13. The van der Waals surface area contributed by atoms with E-state index >= 15 is 0 Å². The van der Waals surface area contributed by atoms with Crippen molar-refractivity contribution in [3.05, 3.63) is 30.3 Å². The van der Waals surface area contributed by atoms with Gasteiger partial charge in [-0.05, 0) is 25.5 Å². The van der Waals surface area contributed by atoms with Crippen LogP contribution in [0.4, 0.5) is 5.69 Å². The largest absolute Gasteiger partial charge is 0.464 e. The zero-order valence-electron chi connectivity index (χ0n) is 12.5. The van der Waals surface area contributed by atoms with Gasteiger partial charge >= 0.3 is 5.97 Å². The molecule has 0 radical (unpaired) electrons. The van der Waals surface area contributed by atoms with Gasteiger partial charge < -0.3 is 14.4 Å². The normalized spacial score (nSPS) is 10.3. The maximum atomic E-state index is 11.2. The molecule has 0 aliphatic rings. The van der Waals surface area contributed by atoms with Gasteiger partial charge in [-0.15, -0.1) is 0 Å². The molecule has 0 atom stereocenters. The van der Waals surface area contributed by atoms with Crippen LogP contribution in [0.1, 0.15) is 26.7 Å². The van der Waals surface area contributed by atoms with E-state index in [0.717, 1.165) is 25.9 Å². The molecule has 0 bridgehead atoms. The van der Waals surface area contributed by atoms with Crippen molar-refractivity contribution in [2.75, 3.05) is 37.8 Å². The first-order valence-corrected chi connectivity index (χ1v) is 7.31. The van der Waals surface area contributed by atoms with Crippen molar-refractivity contribution in [1.82, 2.24) is 0 Å². The van der Waals surface area contributed by atoms with Crippen LogP contribution in [0.2, 0.25) is 0 Å². The molecule has 0 aliphatic heterocycles. The van der Waals surface area contributed by atoms with Gasteiger partial charge in [0.2, 0.25) is 0 Å². The standard InChI is InChI=1S/C16H25NO3/c1-3-5-11-17(15-9-7-6-8-10-15)12-13-19-14-16(18)20-4-2/h6-10H,3-5,11-14H2,1-2H3. The van der Waals surface area contributed by atoms with Crippen molar-refractivity contribution >= 4 is 11.7 Å². The first kappa shape index (κ1) is 16.5. The van der Waals surface area contributed by atoms with E-state index in [2.05, 4.69) is 24.0 Å². The molecule has 0 amide bonds. The number of benzene rings is 1. The lowest BCUT2D eigenvalue weighted by molar-refractivity contribution is -0.148. The topological polar surface area (TPSA) is 38.8 Å². The number of ether oxygens (including phenoxy) is 2. The first-order chi connectivity index (χ1) is 9.77. The van der Waals surface area contributed by atoms with Gasteiger partial charge in [-0.3, -0.25) is 0 Å². The average molecular weight is 279 g/mol. The molecule has 0 saturated carbocycles.